The van der Waals surface area contributed by atoms with Crippen molar-refractivity contribution in [1.29, 1.82) is 0 Å². The summed E-state index contributed by atoms with van der Waals surface area (Å²) in [5.41, 5.74) is 3.44. The lowest BCUT2D eigenvalue weighted by Gasteiger charge is -2.08. The minimum Gasteiger partial charge on any atom is -0.310 e. The summed E-state index contributed by atoms with van der Waals surface area (Å²) < 4.78 is 3.88. The molecule has 0 aromatic carbocycles. The van der Waals surface area contributed by atoms with Crippen molar-refractivity contribution in [3.05, 3.63) is 29.2 Å². The molecule has 2 aromatic rings. The van der Waals surface area contributed by atoms with Crippen molar-refractivity contribution in [2.75, 3.05) is 0 Å². The molecule has 1 aliphatic carbocycles. The van der Waals surface area contributed by atoms with Gasteiger partial charge in [-0.1, -0.05) is 13.8 Å². The lowest BCUT2D eigenvalue weighted by Crippen LogP contribution is -2.17. The summed E-state index contributed by atoms with van der Waals surface area (Å²) in [6.07, 6.45) is 4.63. The molecule has 108 valence electrons. The summed E-state index contributed by atoms with van der Waals surface area (Å²) >= 11 is 0. The normalized spacial score (nSPS) is 15.2. The topological polar surface area (TPSA) is 47.7 Å². The van der Waals surface area contributed by atoms with Crippen LogP contribution >= 0.6 is 0 Å². The van der Waals surface area contributed by atoms with E-state index in [1.807, 2.05) is 22.6 Å². The molecule has 0 unspecified atom stereocenters. The Morgan fingerprint density at radius 2 is 2.10 bits per heavy atom. The highest BCUT2D eigenvalue weighted by molar-refractivity contribution is 5.37. The van der Waals surface area contributed by atoms with E-state index in [1.165, 1.54) is 18.4 Å². The number of aromatic nitrogens is 4. The molecule has 0 radical (unpaired) electrons. The van der Waals surface area contributed by atoms with E-state index in [9.17, 15) is 0 Å². The fourth-order valence-corrected chi connectivity index (χ4v) is 2.48. The molecule has 2 heterocycles. The van der Waals surface area contributed by atoms with Crippen LogP contribution < -0.4 is 5.32 Å². The van der Waals surface area contributed by atoms with Gasteiger partial charge in [-0.3, -0.25) is 4.68 Å². The van der Waals surface area contributed by atoms with E-state index < -0.39 is 0 Å². The second-order valence-electron chi connectivity index (χ2n) is 6.01. The Bertz CT molecular complexity index is 604. The third-order valence-corrected chi connectivity index (χ3v) is 3.88. The van der Waals surface area contributed by atoms with Gasteiger partial charge < -0.3 is 5.32 Å². The van der Waals surface area contributed by atoms with Gasteiger partial charge in [-0.25, -0.2) is 4.68 Å². The number of hydrogen-bond donors (Lipinski definition) is 1. The van der Waals surface area contributed by atoms with Crippen molar-refractivity contribution in [1.82, 2.24) is 24.9 Å². The number of nitrogens with one attached hydrogen (secondary N) is 1. The Morgan fingerprint density at radius 1 is 1.35 bits per heavy atom. The first-order valence-electron chi connectivity index (χ1n) is 7.38. The first kappa shape index (κ1) is 13.4. The number of nitrogens with zero attached hydrogens (tertiary/aromatic N) is 4. The van der Waals surface area contributed by atoms with Crippen LogP contribution in [0.25, 0.3) is 5.82 Å². The van der Waals surface area contributed by atoms with E-state index in [4.69, 9.17) is 0 Å². The molecule has 3 rings (SSSR count). The minimum absolute atomic E-state index is 0.443. The smallest absolute Gasteiger partial charge is 0.156 e. The fourth-order valence-electron chi connectivity index (χ4n) is 2.48. The standard InChI is InChI=1S/C15H23N5/c1-10(2)14-7-8-20(18-14)15-13(9-16-12-5-6-12)11(3)17-19(15)4/h7-8,10,12,16H,5-6,9H2,1-4H3. The van der Waals surface area contributed by atoms with Gasteiger partial charge in [-0.15, -0.1) is 0 Å². The molecule has 0 spiro atoms. The predicted molar refractivity (Wildman–Crippen MR) is 79.0 cm³/mol. The molecular formula is C15H23N5. The highest BCUT2D eigenvalue weighted by Gasteiger charge is 2.23. The van der Waals surface area contributed by atoms with Crippen LogP contribution in [0.3, 0.4) is 0 Å². The van der Waals surface area contributed by atoms with Crippen LogP contribution in [0, 0.1) is 6.92 Å². The van der Waals surface area contributed by atoms with E-state index in [-0.39, 0.29) is 0 Å². The molecule has 5 nitrogen and oxygen atoms in total. The average Bonchev–Trinajstić information content (AvgIpc) is 3.00. The van der Waals surface area contributed by atoms with Crippen LogP contribution in [-0.2, 0) is 13.6 Å². The third kappa shape index (κ3) is 2.50. The third-order valence-electron chi connectivity index (χ3n) is 3.88. The van der Waals surface area contributed by atoms with Gasteiger partial charge in [0.25, 0.3) is 0 Å². The summed E-state index contributed by atoms with van der Waals surface area (Å²) in [7, 11) is 1.99. The van der Waals surface area contributed by atoms with Crippen molar-refractivity contribution in [3.63, 3.8) is 0 Å². The van der Waals surface area contributed by atoms with Gasteiger partial charge in [0.2, 0.25) is 0 Å². The van der Waals surface area contributed by atoms with Crippen molar-refractivity contribution in [2.45, 2.75) is 52.1 Å². The summed E-state index contributed by atoms with van der Waals surface area (Å²) in [5, 5.41) is 12.8. The zero-order valence-corrected chi connectivity index (χ0v) is 12.7. The molecule has 2 aromatic heterocycles. The van der Waals surface area contributed by atoms with Crippen LogP contribution in [0.5, 0.6) is 0 Å². The Balaban J connectivity index is 1.93. The van der Waals surface area contributed by atoms with Gasteiger partial charge in [0.05, 0.1) is 11.4 Å². The summed E-state index contributed by atoms with van der Waals surface area (Å²) in [6.45, 7) is 7.27. The molecule has 1 saturated carbocycles. The van der Waals surface area contributed by atoms with E-state index in [2.05, 4.69) is 42.4 Å². The highest BCUT2D eigenvalue weighted by atomic mass is 15.4. The second-order valence-corrected chi connectivity index (χ2v) is 6.01. The molecule has 1 aliphatic rings. The number of rotatable bonds is 5. The maximum Gasteiger partial charge on any atom is 0.156 e. The molecule has 5 heteroatoms. The largest absolute Gasteiger partial charge is 0.310 e. The Hall–Kier alpha value is -1.62. The van der Waals surface area contributed by atoms with Gasteiger partial charge in [-0.05, 0) is 31.7 Å². The predicted octanol–water partition coefficient (Wildman–Crippen LogP) is 2.29. The van der Waals surface area contributed by atoms with Crippen molar-refractivity contribution < 1.29 is 0 Å². The molecule has 20 heavy (non-hydrogen) atoms. The van der Waals surface area contributed by atoms with Crippen LogP contribution in [0.2, 0.25) is 0 Å². The number of hydrogen-bond acceptors (Lipinski definition) is 3. The molecular weight excluding hydrogens is 250 g/mol. The fraction of sp³-hybridized carbons (Fsp3) is 0.600. The lowest BCUT2D eigenvalue weighted by molar-refractivity contribution is 0.658. The van der Waals surface area contributed by atoms with Gasteiger partial charge in [0, 0.05) is 31.4 Å². The monoisotopic (exact) mass is 273 g/mol. The first-order valence-corrected chi connectivity index (χ1v) is 7.38. The molecule has 0 amide bonds. The van der Waals surface area contributed by atoms with Crippen LogP contribution in [0.4, 0.5) is 0 Å². The quantitative estimate of drug-likeness (QED) is 0.909. The molecule has 0 atom stereocenters. The second kappa shape index (κ2) is 5.05. The molecule has 0 aliphatic heterocycles. The van der Waals surface area contributed by atoms with Gasteiger partial charge in [-0.2, -0.15) is 10.2 Å². The Morgan fingerprint density at radius 3 is 2.70 bits per heavy atom. The Labute approximate surface area is 120 Å². The molecule has 1 fully saturated rings. The summed E-state index contributed by atoms with van der Waals surface area (Å²) in [5.74, 6) is 1.51. The minimum atomic E-state index is 0.443. The van der Waals surface area contributed by atoms with E-state index in [0.717, 1.165) is 23.8 Å². The average molecular weight is 273 g/mol. The summed E-state index contributed by atoms with van der Waals surface area (Å²) in [6, 6.07) is 2.79. The number of aryl methyl sites for hydroxylation is 2. The van der Waals surface area contributed by atoms with Crippen LogP contribution in [0.15, 0.2) is 12.3 Å². The molecule has 1 N–H and O–H groups in total. The molecule has 0 saturated heterocycles. The summed E-state index contributed by atoms with van der Waals surface area (Å²) in [4.78, 5) is 0. The van der Waals surface area contributed by atoms with Gasteiger partial charge >= 0.3 is 0 Å². The van der Waals surface area contributed by atoms with Gasteiger partial charge in [0.1, 0.15) is 0 Å². The van der Waals surface area contributed by atoms with E-state index in [0.29, 0.717) is 12.0 Å². The van der Waals surface area contributed by atoms with Crippen LogP contribution in [0.1, 0.15) is 49.6 Å². The maximum absolute atomic E-state index is 4.69. The maximum atomic E-state index is 4.69. The van der Waals surface area contributed by atoms with Crippen molar-refractivity contribution >= 4 is 0 Å². The van der Waals surface area contributed by atoms with E-state index in [1.54, 1.807) is 0 Å². The van der Waals surface area contributed by atoms with E-state index >= 15 is 0 Å². The molecule has 0 bridgehead atoms. The van der Waals surface area contributed by atoms with Gasteiger partial charge in [0.15, 0.2) is 5.82 Å². The first-order chi connectivity index (χ1) is 9.56. The lowest BCUT2D eigenvalue weighted by atomic mass is 10.1. The van der Waals surface area contributed by atoms with Crippen LogP contribution in [-0.4, -0.2) is 25.6 Å². The van der Waals surface area contributed by atoms with Crippen molar-refractivity contribution in [3.8, 4) is 5.82 Å². The zero-order chi connectivity index (χ0) is 14.3. The highest BCUT2D eigenvalue weighted by Crippen LogP contribution is 2.23. The zero-order valence-electron chi connectivity index (χ0n) is 12.7. The Kier molecular flexibility index (Phi) is 3.38. The van der Waals surface area contributed by atoms with Crippen molar-refractivity contribution in [2.24, 2.45) is 7.05 Å². The SMILES string of the molecule is Cc1nn(C)c(-n2ccc(C(C)C)n2)c1CNC1CC1.